The van der Waals surface area contributed by atoms with Crippen molar-refractivity contribution in [2.45, 2.75) is 39.2 Å². The summed E-state index contributed by atoms with van der Waals surface area (Å²) < 4.78 is 10.8. The monoisotopic (exact) mass is 277 g/mol. The lowest BCUT2D eigenvalue weighted by atomic mass is 9.82. The lowest BCUT2D eigenvalue weighted by Crippen LogP contribution is -2.28. The van der Waals surface area contributed by atoms with E-state index in [0.29, 0.717) is 28.8 Å². The summed E-state index contributed by atoms with van der Waals surface area (Å²) in [6.07, 6.45) is 3.06. The number of methoxy groups -OCH3 is 1. The SMILES string of the molecule is COc1c(N)cccc1C(=O)OC1CC(C)CC(C)C1. The second-order valence-corrected chi connectivity index (χ2v) is 5.87. The van der Waals surface area contributed by atoms with Crippen molar-refractivity contribution < 1.29 is 14.3 Å². The summed E-state index contributed by atoms with van der Waals surface area (Å²) in [5.41, 5.74) is 6.67. The predicted molar refractivity (Wildman–Crippen MR) is 78.8 cm³/mol. The van der Waals surface area contributed by atoms with Crippen molar-refractivity contribution in [2.24, 2.45) is 11.8 Å². The predicted octanol–water partition coefficient (Wildman–Crippen LogP) is 3.26. The van der Waals surface area contributed by atoms with E-state index in [0.717, 1.165) is 12.8 Å². The number of para-hydroxylation sites is 1. The molecule has 0 spiro atoms. The van der Waals surface area contributed by atoms with Gasteiger partial charge in [0, 0.05) is 0 Å². The zero-order valence-electron chi connectivity index (χ0n) is 12.4. The average Bonchev–Trinajstić information content (AvgIpc) is 2.37. The molecule has 1 saturated carbocycles. The molecule has 2 unspecified atom stereocenters. The van der Waals surface area contributed by atoms with Crippen LogP contribution in [0.5, 0.6) is 5.75 Å². The number of nitrogen functional groups attached to an aromatic ring is 1. The Hall–Kier alpha value is -1.71. The van der Waals surface area contributed by atoms with Gasteiger partial charge in [-0.3, -0.25) is 0 Å². The van der Waals surface area contributed by atoms with Crippen molar-refractivity contribution in [3.8, 4) is 5.75 Å². The van der Waals surface area contributed by atoms with Crippen LogP contribution in [-0.4, -0.2) is 19.2 Å². The zero-order valence-corrected chi connectivity index (χ0v) is 12.4. The highest BCUT2D eigenvalue weighted by Crippen LogP contribution is 2.32. The van der Waals surface area contributed by atoms with Crippen molar-refractivity contribution in [1.29, 1.82) is 0 Å². The van der Waals surface area contributed by atoms with E-state index >= 15 is 0 Å². The topological polar surface area (TPSA) is 61.5 Å². The third kappa shape index (κ3) is 3.24. The second-order valence-electron chi connectivity index (χ2n) is 5.87. The highest BCUT2D eigenvalue weighted by molar-refractivity contribution is 5.94. The van der Waals surface area contributed by atoms with Gasteiger partial charge in [-0.1, -0.05) is 19.9 Å². The van der Waals surface area contributed by atoms with Gasteiger partial charge in [-0.2, -0.15) is 0 Å². The molecule has 0 heterocycles. The third-order valence-electron chi connectivity index (χ3n) is 3.88. The Morgan fingerprint density at radius 1 is 1.20 bits per heavy atom. The first-order chi connectivity index (χ1) is 9.51. The first-order valence-electron chi connectivity index (χ1n) is 7.14. The van der Waals surface area contributed by atoms with Gasteiger partial charge in [-0.05, 0) is 43.2 Å². The fourth-order valence-electron chi connectivity index (χ4n) is 3.13. The summed E-state index contributed by atoms with van der Waals surface area (Å²) in [7, 11) is 1.51. The maximum Gasteiger partial charge on any atom is 0.342 e. The van der Waals surface area contributed by atoms with E-state index in [-0.39, 0.29) is 12.1 Å². The number of nitrogens with two attached hydrogens (primary N) is 1. The Balaban J connectivity index is 2.10. The van der Waals surface area contributed by atoms with Gasteiger partial charge < -0.3 is 15.2 Å². The largest absolute Gasteiger partial charge is 0.494 e. The van der Waals surface area contributed by atoms with E-state index in [9.17, 15) is 4.79 Å². The average molecular weight is 277 g/mol. The Bertz CT molecular complexity index is 477. The number of carbonyl (C=O) groups is 1. The fourth-order valence-corrected chi connectivity index (χ4v) is 3.13. The number of hydrogen-bond acceptors (Lipinski definition) is 4. The van der Waals surface area contributed by atoms with Gasteiger partial charge in [0.2, 0.25) is 0 Å². The van der Waals surface area contributed by atoms with Crippen molar-refractivity contribution in [3.05, 3.63) is 23.8 Å². The minimum absolute atomic E-state index is 0.00705. The van der Waals surface area contributed by atoms with Crippen LogP contribution < -0.4 is 10.5 Å². The van der Waals surface area contributed by atoms with Crippen molar-refractivity contribution in [3.63, 3.8) is 0 Å². The molecule has 4 heteroatoms. The summed E-state index contributed by atoms with van der Waals surface area (Å²) in [6.45, 7) is 4.41. The molecule has 1 aliphatic rings. The lowest BCUT2D eigenvalue weighted by molar-refractivity contribution is 0.00779. The van der Waals surface area contributed by atoms with Crippen molar-refractivity contribution >= 4 is 11.7 Å². The van der Waals surface area contributed by atoms with Crippen LogP contribution in [0.1, 0.15) is 43.5 Å². The number of hydrogen-bond donors (Lipinski definition) is 1. The number of anilines is 1. The van der Waals surface area contributed by atoms with Gasteiger partial charge >= 0.3 is 5.97 Å². The van der Waals surface area contributed by atoms with E-state index in [1.807, 2.05) is 0 Å². The van der Waals surface area contributed by atoms with Crippen LogP contribution in [0.3, 0.4) is 0 Å². The summed E-state index contributed by atoms with van der Waals surface area (Å²) in [4.78, 5) is 12.3. The Kier molecular flexibility index (Phi) is 4.53. The maximum absolute atomic E-state index is 12.3. The molecule has 0 amide bonds. The molecule has 0 aromatic heterocycles. The van der Waals surface area contributed by atoms with Gasteiger partial charge in [-0.25, -0.2) is 4.79 Å². The first kappa shape index (κ1) is 14.7. The summed E-state index contributed by atoms with van der Waals surface area (Å²) in [5, 5.41) is 0. The van der Waals surface area contributed by atoms with Crippen LogP contribution in [0.4, 0.5) is 5.69 Å². The van der Waals surface area contributed by atoms with Gasteiger partial charge in [0.1, 0.15) is 11.7 Å². The molecule has 1 aliphatic carbocycles. The number of rotatable bonds is 3. The van der Waals surface area contributed by atoms with Gasteiger partial charge in [0.25, 0.3) is 0 Å². The van der Waals surface area contributed by atoms with Gasteiger partial charge in [-0.15, -0.1) is 0 Å². The molecule has 0 bridgehead atoms. The minimum atomic E-state index is -0.347. The lowest BCUT2D eigenvalue weighted by Gasteiger charge is -2.31. The van der Waals surface area contributed by atoms with Crippen LogP contribution in [-0.2, 0) is 4.74 Å². The first-order valence-corrected chi connectivity index (χ1v) is 7.14. The smallest absolute Gasteiger partial charge is 0.342 e. The van der Waals surface area contributed by atoms with Crippen LogP contribution in [0.25, 0.3) is 0 Å². The number of esters is 1. The second kappa shape index (κ2) is 6.16. The molecule has 0 aliphatic heterocycles. The van der Waals surface area contributed by atoms with Gasteiger partial charge in [0.05, 0.1) is 12.8 Å². The summed E-state index contributed by atoms with van der Waals surface area (Å²) in [6, 6.07) is 5.13. The van der Waals surface area contributed by atoms with Crippen LogP contribution >= 0.6 is 0 Å². The van der Waals surface area contributed by atoms with Crippen molar-refractivity contribution in [1.82, 2.24) is 0 Å². The Morgan fingerprint density at radius 2 is 1.85 bits per heavy atom. The van der Waals surface area contributed by atoms with Gasteiger partial charge in [0.15, 0.2) is 5.75 Å². The third-order valence-corrected chi connectivity index (χ3v) is 3.88. The molecule has 2 rings (SSSR count). The molecule has 4 nitrogen and oxygen atoms in total. The van der Waals surface area contributed by atoms with Crippen LogP contribution in [0.15, 0.2) is 18.2 Å². The molecule has 0 saturated heterocycles. The van der Waals surface area contributed by atoms with Crippen LogP contribution in [0.2, 0.25) is 0 Å². The molecule has 2 atom stereocenters. The summed E-state index contributed by atoms with van der Waals surface area (Å²) >= 11 is 0. The molecular weight excluding hydrogens is 254 g/mol. The Labute approximate surface area is 120 Å². The van der Waals surface area contributed by atoms with Crippen molar-refractivity contribution in [2.75, 3.05) is 12.8 Å². The summed E-state index contributed by atoms with van der Waals surface area (Å²) in [5.74, 6) is 1.24. The van der Waals surface area contributed by atoms with E-state index < -0.39 is 0 Å². The standard InChI is InChI=1S/C16H23NO3/c1-10-7-11(2)9-12(8-10)20-16(18)13-5-4-6-14(17)15(13)19-3/h4-6,10-12H,7-9,17H2,1-3H3. The molecule has 1 fully saturated rings. The molecule has 20 heavy (non-hydrogen) atoms. The molecule has 2 N–H and O–H groups in total. The molecule has 1 aromatic carbocycles. The molecular formula is C16H23NO3. The fraction of sp³-hybridized carbons (Fsp3) is 0.562. The maximum atomic E-state index is 12.3. The Morgan fingerprint density at radius 3 is 2.45 bits per heavy atom. The normalized spacial score (nSPS) is 26.1. The van der Waals surface area contributed by atoms with E-state index in [1.54, 1.807) is 18.2 Å². The minimum Gasteiger partial charge on any atom is -0.494 e. The molecule has 110 valence electrons. The number of ether oxygens (including phenoxy) is 2. The van der Waals surface area contributed by atoms with E-state index in [4.69, 9.17) is 15.2 Å². The highest BCUT2D eigenvalue weighted by atomic mass is 16.5. The quantitative estimate of drug-likeness (QED) is 0.680. The van der Waals surface area contributed by atoms with E-state index in [1.165, 1.54) is 13.5 Å². The van der Waals surface area contributed by atoms with Crippen LogP contribution in [0, 0.1) is 11.8 Å². The molecule has 1 aromatic rings. The molecule has 0 radical (unpaired) electrons. The number of benzene rings is 1. The number of carbonyl (C=O) groups excluding carboxylic acids is 1. The van der Waals surface area contributed by atoms with E-state index in [2.05, 4.69) is 13.8 Å². The zero-order chi connectivity index (χ0) is 14.7. The highest BCUT2D eigenvalue weighted by Gasteiger charge is 2.28.